The summed E-state index contributed by atoms with van der Waals surface area (Å²) in [7, 11) is -3.61. The second kappa shape index (κ2) is 9.65. The summed E-state index contributed by atoms with van der Waals surface area (Å²) in [6, 6.07) is 13.0. The van der Waals surface area contributed by atoms with Gasteiger partial charge in [-0.25, -0.2) is 8.42 Å². The lowest BCUT2D eigenvalue weighted by Gasteiger charge is -2.26. The van der Waals surface area contributed by atoms with E-state index in [2.05, 4.69) is 5.32 Å². The summed E-state index contributed by atoms with van der Waals surface area (Å²) in [6.45, 7) is 5.66. The van der Waals surface area contributed by atoms with E-state index in [-0.39, 0.29) is 23.1 Å². The normalized spacial score (nSPS) is 19.6. The van der Waals surface area contributed by atoms with Crippen LogP contribution in [0.5, 0.6) is 0 Å². The molecule has 1 N–H and O–H groups in total. The minimum atomic E-state index is -3.61. The molecule has 2 fully saturated rings. The Bertz CT molecular complexity index is 1140. The van der Waals surface area contributed by atoms with E-state index in [1.54, 1.807) is 24.0 Å². The SMILES string of the molecule is Cc1ccc(CN2C[C@@H](C(=O)Nc3ccc(C)c(S(=O)(=O)N4CCCCC4)c3)CC2=O)cc1. The van der Waals surface area contributed by atoms with Crippen LogP contribution < -0.4 is 5.32 Å². The number of hydrogen-bond acceptors (Lipinski definition) is 4. The molecule has 1 atom stereocenters. The Kier molecular flexibility index (Phi) is 6.86. The minimum Gasteiger partial charge on any atom is -0.338 e. The van der Waals surface area contributed by atoms with Crippen LogP contribution >= 0.6 is 0 Å². The molecule has 4 rings (SSSR count). The Morgan fingerprint density at radius 2 is 1.73 bits per heavy atom. The zero-order valence-electron chi connectivity index (χ0n) is 19.2. The van der Waals surface area contributed by atoms with E-state index >= 15 is 0 Å². The van der Waals surface area contributed by atoms with Gasteiger partial charge in [-0.1, -0.05) is 42.3 Å². The van der Waals surface area contributed by atoms with Gasteiger partial charge in [-0.3, -0.25) is 9.59 Å². The van der Waals surface area contributed by atoms with Crippen molar-refractivity contribution in [3.8, 4) is 0 Å². The summed E-state index contributed by atoms with van der Waals surface area (Å²) in [5.74, 6) is -0.778. The van der Waals surface area contributed by atoms with Gasteiger partial charge in [-0.15, -0.1) is 0 Å². The topological polar surface area (TPSA) is 86.8 Å². The number of hydrogen-bond donors (Lipinski definition) is 1. The average Bonchev–Trinajstić information content (AvgIpc) is 3.17. The van der Waals surface area contributed by atoms with Crippen molar-refractivity contribution in [2.45, 2.75) is 51.0 Å². The van der Waals surface area contributed by atoms with Gasteiger partial charge < -0.3 is 10.2 Å². The van der Waals surface area contributed by atoms with E-state index < -0.39 is 15.9 Å². The summed E-state index contributed by atoms with van der Waals surface area (Å²) in [5.41, 5.74) is 3.27. The molecule has 2 saturated heterocycles. The molecule has 176 valence electrons. The van der Waals surface area contributed by atoms with Gasteiger partial charge in [-0.2, -0.15) is 4.31 Å². The maximum Gasteiger partial charge on any atom is 0.243 e. The van der Waals surface area contributed by atoms with Crippen molar-refractivity contribution in [2.75, 3.05) is 25.0 Å². The highest BCUT2D eigenvalue weighted by atomic mass is 32.2. The number of nitrogens with one attached hydrogen (secondary N) is 1. The van der Waals surface area contributed by atoms with Crippen molar-refractivity contribution in [3.63, 3.8) is 0 Å². The van der Waals surface area contributed by atoms with E-state index in [0.717, 1.165) is 30.4 Å². The second-order valence-corrected chi connectivity index (χ2v) is 11.0. The summed E-state index contributed by atoms with van der Waals surface area (Å²) >= 11 is 0. The largest absolute Gasteiger partial charge is 0.338 e. The highest BCUT2D eigenvalue weighted by Gasteiger charge is 2.34. The van der Waals surface area contributed by atoms with Crippen LogP contribution in [-0.4, -0.2) is 49.1 Å². The van der Waals surface area contributed by atoms with Crippen LogP contribution in [0.3, 0.4) is 0 Å². The van der Waals surface area contributed by atoms with Gasteiger partial charge in [0.05, 0.1) is 10.8 Å². The van der Waals surface area contributed by atoms with Gasteiger partial charge in [0.1, 0.15) is 0 Å². The first-order valence-corrected chi connectivity index (χ1v) is 12.9. The lowest BCUT2D eigenvalue weighted by Crippen LogP contribution is -2.36. The zero-order chi connectivity index (χ0) is 23.6. The Labute approximate surface area is 195 Å². The molecule has 2 aliphatic rings. The van der Waals surface area contributed by atoms with Gasteiger partial charge in [-0.05, 0) is 49.9 Å². The molecule has 2 aromatic carbocycles. The van der Waals surface area contributed by atoms with E-state index in [1.807, 2.05) is 31.2 Å². The van der Waals surface area contributed by atoms with Gasteiger partial charge >= 0.3 is 0 Å². The highest BCUT2D eigenvalue weighted by molar-refractivity contribution is 7.89. The number of nitrogens with zero attached hydrogens (tertiary/aromatic N) is 2. The van der Waals surface area contributed by atoms with E-state index in [0.29, 0.717) is 37.4 Å². The third-order valence-electron chi connectivity index (χ3n) is 6.47. The molecule has 0 bridgehead atoms. The van der Waals surface area contributed by atoms with Crippen molar-refractivity contribution in [2.24, 2.45) is 5.92 Å². The van der Waals surface area contributed by atoms with Crippen molar-refractivity contribution < 1.29 is 18.0 Å². The molecule has 0 saturated carbocycles. The third kappa shape index (κ3) is 5.28. The number of benzene rings is 2. The Hall–Kier alpha value is -2.71. The number of carbonyl (C=O) groups excluding carboxylic acids is 2. The van der Waals surface area contributed by atoms with Crippen LogP contribution in [0.25, 0.3) is 0 Å². The van der Waals surface area contributed by atoms with Crippen molar-refractivity contribution >= 4 is 27.5 Å². The summed E-state index contributed by atoms with van der Waals surface area (Å²) < 4.78 is 27.8. The molecule has 2 amide bonds. The molecule has 0 spiro atoms. The average molecular weight is 470 g/mol. The number of amides is 2. The van der Waals surface area contributed by atoms with Crippen molar-refractivity contribution in [1.29, 1.82) is 0 Å². The molecule has 2 aromatic rings. The number of carbonyl (C=O) groups is 2. The van der Waals surface area contributed by atoms with Crippen LogP contribution in [0.2, 0.25) is 0 Å². The van der Waals surface area contributed by atoms with Gasteiger partial charge in [0, 0.05) is 38.3 Å². The summed E-state index contributed by atoms with van der Waals surface area (Å²) in [4.78, 5) is 27.3. The first kappa shape index (κ1) is 23.4. The predicted octanol–water partition coefficient (Wildman–Crippen LogP) is 3.47. The van der Waals surface area contributed by atoms with Crippen LogP contribution in [-0.2, 0) is 26.2 Å². The van der Waals surface area contributed by atoms with E-state index in [1.165, 1.54) is 10.4 Å². The number of aryl methyl sites for hydroxylation is 2. The highest BCUT2D eigenvalue weighted by Crippen LogP contribution is 2.27. The minimum absolute atomic E-state index is 0.0482. The maximum absolute atomic E-state index is 13.1. The third-order valence-corrected chi connectivity index (χ3v) is 8.51. The van der Waals surface area contributed by atoms with Gasteiger partial charge in [0.2, 0.25) is 21.8 Å². The lowest BCUT2D eigenvalue weighted by molar-refractivity contribution is -0.128. The fraction of sp³-hybridized carbons (Fsp3) is 0.440. The predicted molar refractivity (Wildman–Crippen MR) is 127 cm³/mol. The Morgan fingerprint density at radius 3 is 2.42 bits per heavy atom. The van der Waals surface area contributed by atoms with Gasteiger partial charge in [0.25, 0.3) is 0 Å². The quantitative estimate of drug-likeness (QED) is 0.702. The Balaban J connectivity index is 1.43. The maximum atomic E-state index is 13.1. The molecular weight excluding hydrogens is 438 g/mol. The van der Waals surface area contributed by atoms with Crippen molar-refractivity contribution in [1.82, 2.24) is 9.21 Å². The molecule has 0 radical (unpaired) electrons. The monoisotopic (exact) mass is 469 g/mol. The molecule has 0 aromatic heterocycles. The summed E-state index contributed by atoms with van der Waals surface area (Å²) in [5, 5.41) is 2.84. The molecule has 0 unspecified atom stereocenters. The number of sulfonamides is 1. The smallest absolute Gasteiger partial charge is 0.243 e. The van der Waals surface area contributed by atoms with Crippen LogP contribution in [0, 0.1) is 19.8 Å². The Morgan fingerprint density at radius 1 is 1.03 bits per heavy atom. The standard InChI is InChI=1S/C25H31N3O4S/c1-18-6-9-20(10-7-18)16-27-17-21(14-24(27)29)25(30)26-22-11-8-19(2)23(15-22)33(31,32)28-12-4-3-5-13-28/h6-11,15,21H,3-5,12-14,16-17H2,1-2H3,(H,26,30)/t21-/m0/s1. The first-order valence-electron chi connectivity index (χ1n) is 11.5. The van der Waals surface area contributed by atoms with Crippen molar-refractivity contribution in [3.05, 3.63) is 59.2 Å². The second-order valence-electron chi connectivity index (χ2n) is 9.10. The molecule has 7 nitrogen and oxygen atoms in total. The van der Waals surface area contributed by atoms with Crippen LogP contribution in [0.15, 0.2) is 47.4 Å². The van der Waals surface area contributed by atoms with E-state index in [4.69, 9.17) is 0 Å². The number of anilines is 1. The molecule has 33 heavy (non-hydrogen) atoms. The zero-order valence-corrected chi connectivity index (χ0v) is 20.0. The van der Waals surface area contributed by atoms with Crippen LogP contribution in [0.4, 0.5) is 5.69 Å². The first-order chi connectivity index (χ1) is 15.7. The molecule has 8 heteroatoms. The number of rotatable bonds is 6. The fourth-order valence-electron chi connectivity index (χ4n) is 4.46. The fourth-order valence-corrected chi connectivity index (χ4v) is 6.23. The van der Waals surface area contributed by atoms with E-state index in [9.17, 15) is 18.0 Å². The van der Waals surface area contributed by atoms with Crippen LogP contribution in [0.1, 0.15) is 42.4 Å². The molecule has 2 aliphatic heterocycles. The van der Waals surface area contributed by atoms with Gasteiger partial charge in [0.15, 0.2) is 0 Å². The summed E-state index contributed by atoms with van der Waals surface area (Å²) in [6.07, 6.45) is 2.93. The molecule has 0 aliphatic carbocycles. The molecular formula is C25H31N3O4S. The number of likely N-dealkylation sites (tertiary alicyclic amines) is 1. The number of piperidine rings is 1. The molecule has 2 heterocycles. The lowest BCUT2D eigenvalue weighted by atomic mass is 10.1.